The number of halogens is 3. The molecule has 0 radical (unpaired) electrons. The Morgan fingerprint density at radius 2 is 2.14 bits per heavy atom. The van der Waals surface area contributed by atoms with Crippen LogP contribution in [0.4, 0.5) is 19.0 Å². The molecule has 7 heteroatoms. The molecule has 4 N–H and O–H groups in total. The van der Waals surface area contributed by atoms with Gasteiger partial charge in [-0.15, -0.1) is 0 Å². The van der Waals surface area contributed by atoms with E-state index in [0.717, 1.165) is 0 Å². The Labute approximate surface area is 119 Å². The summed E-state index contributed by atoms with van der Waals surface area (Å²) < 4.78 is 39.6. The minimum absolute atomic E-state index is 0.00722. The summed E-state index contributed by atoms with van der Waals surface area (Å²) in [4.78, 5) is 6.95. The van der Waals surface area contributed by atoms with Crippen LogP contribution < -0.4 is 5.73 Å². The zero-order chi connectivity index (χ0) is 15.3. The third kappa shape index (κ3) is 2.26. The van der Waals surface area contributed by atoms with Gasteiger partial charge >= 0.3 is 6.18 Å². The van der Waals surface area contributed by atoms with Crippen LogP contribution in [-0.2, 0) is 11.8 Å². The van der Waals surface area contributed by atoms with E-state index >= 15 is 0 Å². The number of nitrogens with zero attached hydrogens (tertiary/aromatic N) is 1. The van der Waals surface area contributed by atoms with Gasteiger partial charge in [0.1, 0.15) is 11.2 Å². The lowest BCUT2D eigenvalue weighted by Gasteiger charge is -2.17. The number of aliphatic imine (C=N–C) groups is 1. The molecule has 1 unspecified atom stereocenters. The zero-order valence-electron chi connectivity index (χ0n) is 11.2. The molecule has 3 rings (SSSR count). The van der Waals surface area contributed by atoms with E-state index < -0.39 is 11.6 Å². The second kappa shape index (κ2) is 4.47. The monoisotopic (exact) mass is 296 g/mol. The number of fused-ring (bicyclic) bond motifs is 1. The highest BCUT2D eigenvalue weighted by atomic mass is 19.4. The first-order valence-corrected chi connectivity index (χ1v) is 6.67. The average Bonchev–Trinajstić information content (AvgIpc) is 3.08. The number of aromatic amines is 1. The zero-order valence-corrected chi connectivity index (χ0v) is 11.2. The topological polar surface area (TPSA) is 78.0 Å². The highest BCUT2D eigenvalue weighted by Gasteiger charge is 2.65. The van der Waals surface area contributed by atoms with Crippen LogP contribution in [0.3, 0.4) is 0 Å². The number of allylic oxidation sites excluding steroid dienone is 1. The number of nitrogens with two attached hydrogens (primary N) is 1. The molecule has 2 aliphatic rings. The van der Waals surface area contributed by atoms with Gasteiger partial charge in [-0.1, -0.05) is 6.08 Å². The molecule has 0 amide bonds. The molecule has 0 aromatic carbocycles. The lowest BCUT2D eigenvalue weighted by Crippen LogP contribution is -2.28. The number of rotatable bonds is 2. The van der Waals surface area contributed by atoms with Crippen molar-refractivity contribution >= 4 is 17.9 Å². The molecule has 0 bridgehead atoms. The number of nitrogens with one attached hydrogen (secondary N) is 2. The maximum atomic E-state index is 13.2. The fraction of sp³-hybridized carbons (Fsp3) is 0.429. The van der Waals surface area contributed by atoms with E-state index in [-0.39, 0.29) is 30.3 Å². The summed E-state index contributed by atoms with van der Waals surface area (Å²) in [5.74, 6) is 0.100. The van der Waals surface area contributed by atoms with E-state index in [1.165, 1.54) is 12.3 Å². The summed E-state index contributed by atoms with van der Waals surface area (Å²) in [6.07, 6.45) is 1.23. The summed E-state index contributed by atoms with van der Waals surface area (Å²) in [5, 5.41) is 7.53. The van der Waals surface area contributed by atoms with Gasteiger partial charge in [0.2, 0.25) is 0 Å². The Kier molecular flexibility index (Phi) is 2.96. The van der Waals surface area contributed by atoms with Crippen molar-refractivity contribution in [3.8, 4) is 0 Å². The van der Waals surface area contributed by atoms with Crippen molar-refractivity contribution in [1.82, 2.24) is 4.98 Å². The van der Waals surface area contributed by atoms with E-state index in [9.17, 15) is 13.2 Å². The second-order valence-electron chi connectivity index (χ2n) is 5.57. The predicted molar refractivity (Wildman–Crippen MR) is 74.2 cm³/mol. The number of aromatic nitrogens is 1. The lowest BCUT2D eigenvalue weighted by atomic mass is 9.96. The van der Waals surface area contributed by atoms with Crippen LogP contribution >= 0.6 is 0 Å². The largest absolute Gasteiger partial charge is 0.399 e. The third-order valence-electron chi connectivity index (χ3n) is 4.16. The fourth-order valence-corrected chi connectivity index (χ4v) is 2.67. The first kappa shape index (κ1) is 13.9. The minimum Gasteiger partial charge on any atom is -0.387 e. The first-order valence-electron chi connectivity index (χ1n) is 6.67. The van der Waals surface area contributed by atoms with Crippen molar-refractivity contribution in [3.05, 3.63) is 29.5 Å². The summed E-state index contributed by atoms with van der Waals surface area (Å²) in [5.41, 5.74) is 4.60. The Morgan fingerprint density at radius 1 is 1.43 bits per heavy atom. The smallest absolute Gasteiger partial charge is 0.387 e. The molecule has 4 nitrogen and oxygen atoms in total. The molecule has 1 aromatic heterocycles. The molecule has 112 valence electrons. The van der Waals surface area contributed by atoms with Crippen molar-refractivity contribution in [2.24, 2.45) is 16.6 Å². The number of hydrogen-bond acceptors (Lipinski definition) is 2. The van der Waals surface area contributed by atoms with Gasteiger partial charge in [0, 0.05) is 17.8 Å². The van der Waals surface area contributed by atoms with Gasteiger partial charge in [-0.3, -0.25) is 5.41 Å². The van der Waals surface area contributed by atoms with Crippen LogP contribution in [-0.4, -0.2) is 23.2 Å². The van der Waals surface area contributed by atoms with Crippen LogP contribution in [0.1, 0.15) is 24.1 Å². The van der Waals surface area contributed by atoms with Crippen molar-refractivity contribution in [1.29, 1.82) is 5.41 Å². The number of alkyl halides is 3. The number of hydrogen-bond donors (Lipinski definition) is 3. The van der Waals surface area contributed by atoms with Gasteiger partial charge in [0.05, 0.1) is 5.84 Å². The van der Waals surface area contributed by atoms with Gasteiger partial charge in [0.25, 0.3) is 0 Å². The Bertz CT molecular complexity index is 635. The molecule has 1 aliphatic carbocycles. The SMILES string of the molecule is N=C(N)C1C=C/C=N\c2[nH]c(C3(C(F)(F)F)CC3)cc2C1. The molecule has 1 fully saturated rings. The number of amidine groups is 1. The van der Waals surface area contributed by atoms with E-state index in [1.54, 1.807) is 12.2 Å². The Hall–Kier alpha value is -2.05. The summed E-state index contributed by atoms with van der Waals surface area (Å²) in [6.45, 7) is 0. The van der Waals surface area contributed by atoms with Crippen molar-refractivity contribution in [2.75, 3.05) is 0 Å². The van der Waals surface area contributed by atoms with Gasteiger partial charge in [0.15, 0.2) is 0 Å². The highest BCUT2D eigenvalue weighted by Crippen LogP contribution is 2.59. The van der Waals surface area contributed by atoms with Gasteiger partial charge in [-0.2, -0.15) is 13.2 Å². The van der Waals surface area contributed by atoms with Gasteiger partial charge < -0.3 is 10.7 Å². The standard InChI is InChI=1S/C14H15F3N4/c15-14(16,17)13(3-4-13)10-7-9-6-8(11(18)19)2-1-5-20-12(9)21-10/h1-2,5,7-8,21H,3-4,6H2,(H3,18,19)/b2-1?,20-5-. The summed E-state index contributed by atoms with van der Waals surface area (Å²) in [7, 11) is 0. The number of H-pyrrole nitrogens is 1. The van der Waals surface area contributed by atoms with Crippen LogP contribution in [0, 0.1) is 11.3 Å². The van der Waals surface area contributed by atoms with Crippen molar-refractivity contribution in [3.63, 3.8) is 0 Å². The maximum Gasteiger partial charge on any atom is 0.399 e. The van der Waals surface area contributed by atoms with Crippen LogP contribution in [0.2, 0.25) is 0 Å². The predicted octanol–water partition coefficient (Wildman–Crippen LogP) is 2.98. The Balaban J connectivity index is 1.99. The molecule has 1 atom stereocenters. The average molecular weight is 296 g/mol. The van der Waals surface area contributed by atoms with Crippen molar-refractivity contribution in [2.45, 2.75) is 30.9 Å². The molecule has 2 heterocycles. The fourth-order valence-electron chi connectivity index (χ4n) is 2.67. The highest BCUT2D eigenvalue weighted by molar-refractivity contribution is 5.84. The van der Waals surface area contributed by atoms with Gasteiger partial charge in [-0.25, -0.2) is 4.99 Å². The lowest BCUT2D eigenvalue weighted by molar-refractivity contribution is -0.161. The molecule has 0 saturated heterocycles. The van der Waals surface area contributed by atoms with E-state index in [1.807, 2.05) is 0 Å². The van der Waals surface area contributed by atoms with Crippen LogP contribution in [0.15, 0.2) is 23.2 Å². The third-order valence-corrected chi connectivity index (χ3v) is 4.16. The van der Waals surface area contributed by atoms with E-state index in [4.69, 9.17) is 11.1 Å². The molecule has 0 spiro atoms. The molecular formula is C14H15F3N4. The minimum atomic E-state index is -4.26. The molecule has 1 saturated carbocycles. The van der Waals surface area contributed by atoms with Crippen LogP contribution in [0.25, 0.3) is 0 Å². The summed E-state index contributed by atoms with van der Waals surface area (Å²) in [6, 6.07) is 1.53. The van der Waals surface area contributed by atoms with Gasteiger partial charge in [-0.05, 0) is 37.0 Å². The quantitative estimate of drug-likeness (QED) is 0.569. The maximum absolute atomic E-state index is 13.2. The summed E-state index contributed by atoms with van der Waals surface area (Å²) >= 11 is 0. The first-order chi connectivity index (χ1) is 9.83. The Morgan fingerprint density at radius 3 is 2.71 bits per heavy atom. The van der Waals surface area contributed by atoms with Crippen LogP contribution in [0.5, 0.6) is 0 Å². The molecule has 1 aromatic rings. The van der Waals surface area contributed by atoms with E-state index in [2.05, 4.69) is 9.98 Å². The van der Waals surface area contributed by atoms with E-state index in [0.29, 0.717) is 17.8 Å². The molecular weight excluding hydrogens is 281 g/mol. The normalized spacial score (nSPS) is 24.8. The second-order valence-corrected chi connectivity index (χ2v) is 5.57. The molecule has 1 aliphatic heterocycles. The van der Waals surface area contributed by atoms with Crippen molar-refractivity contribution < 1.29 is 13.2 Å². The molecule has 21 heavy (non-hydrogen) atoms.